The molecule has 2 unspecified atom stereocenters. The predicted molar refractivity (Wildman–Crippen MR) is 117 cm³/mol. The number of ether oxygens (including phenoxy) is 1. The fourth-order valence-corrected chi connectivity index (χ4v) is 4.40. The van der Waals surface area contributed by atoms with Crippen LogP contribution in [-0.4, -0.2) is 79.8 Å². The molecule has 0 saturated carbocycles. The Hall–Kier alpha value is -3.95. The standard InChI is InChI=1S/C22H22FN9O2/c1-14-17(3-4-19(23)18(14)8-24)20-11-30-6-7-31(10-16(30)12-34-20)22(33)27-15-2-5-21(25-9-15)32-13-26-28-29-32/h2-5,9,13,16,20H,6-7,10-12H2,1H3,(H,27,33). The number of hydrogen-bond donors (Lipinski definition) is 1. The maximum absolute atomic E-state index is 13.9. The Morgan fingerprint density at radius 2 is 2.15 bits per heavy atom. The van der Waals surface area contributed by atoms with E-state index in [0.717, 1.165) is 5.56 Å². The highest BCUT2D eigenvalue weighted by Crippen LogP contribution is 2.31. The number of amides is 2. The number of anilines is 1. The van der Waals surface area contributed by atoms with Crippen LogP contribution in [-0.2, 0) is 4.74 Å². The summed E-state index contributed by atoms with van der Waals surface area (Å²) in [6.45, 7) is 4.60. The zero-order chi connectivity index (χ0) is 23.7. The van der Waals surface area contributed by atoms with Crippen molar-refractivity contribution in [3.8, 4) is 11.9 Å². The van der Waals surface area contributed by atoms with Crippen LogP contribution in [0.1, 0.15) is 22.8 Å². The van der Waals surface area contributed by atoms with Gasteiger partial charge in [-0.25, -0.2) is 14.2 Å². The maximum Gasteiger partial charge on any atom is 0.321 e. The van der Waals surface area contributed by atoms with E-state index in [1.165, 1.54) is 17.1 Å². The molecular formula is C22H22FN9O2. The van der Waals surface area contributed by atoms with Crippen molar-refractivity contribution in [2.75, 3.05) is 38.1 Å². The van der Waals surface area contributed by atoms with Crippen LogP contribution in [0.5, 0.6) is 0 Å². The van der Waals surface area contributed by atoms with Gasteiger partial charge in [-0.15, -0.1) is 5.10 Å². The number of morpholine rings is 1. The molecule has 12 heteroatoms. The first-order valence-electron chi connectivity index (χ1n) is 10.8. The van der Waals surface area contributed by atoms with E-state index in [4.69, 9.17) is 4.74 Å². The van der Waals surface area contributed by atoms with Gasteiger partial charge in [0.2, 0.25) is 0 Å². The second-order valence-corrected chi connectivity index (χ2v) is 8.25. The number of aromatic nitrogens is 5. The van der Waals surface area contributed by atoms with Crippen LogP contribution in [0.2, 0.25) is 0 Å². The highest BCUT2D eigenvalue weighted by Gasteiger charge is 2.36. The highest BCUT2D eigenvalue weighted by molar-refractivity contribution is 5.89. The summed E-state index contributed by atoms with van der Waals surface area (Å²) in [6.07, 6.45) is 2.76. The average molecular weight is 463 g/mol. The number of rotatable bonds is 3. The van der Waals surface area contributed by atoms with E-state index in [1.807, 2.05) is 6.07 Å². The Balaban J connectivity index is 1.19. The number of benzene rings is 1. The zero-order valence-corrected chi connectivity index (χ0v) is 18.4. The lowest BCUT2D eigenvalue weighted by Crippen LogP contribution is -2.60. The lowest BCUT2D eigenvalue weighted by atomic mass is 9.96. The van der Waals surface area contributed by atoms with Crippen LogP contribution >= 0.6 is 0 Å². The van der Waals surface area contributed by atoms with E-state index in [2.05, 4.69) is 30.7 Å². The van der Waals surface area contributed by atoms with Gasteiger partial charge >= 0.3 is 6.03 Å². The van der Waals surface area contributed by atoms with Crippen molar-refractivity contribution in [3.63, 3.8) is 0 Å². The number of pyridine rings is 1. The number of urea groups is 1. The Morgan fingerprint density at radius 3 is 2.88 bits per heavy atom. The first-order chi connectivity index (χ1) is 16.5. The summed E-state index contributed by atoms with van der Waals surface area (Å²) in [4.78, 5) is 21.1. The van der Waals surface area contributed by atoms with E-state index >= 15 is 0 Å². The van der Waals surface area contributed by atoms with Gasteiger partial charge in [-0.2, -0.15) is 9.94 Å². The lowest BCUT2D eigenvalue weighted by molar-refractivity contribution is -0.0844. The highest BCUT2D eigenvalue weighted by atomic mass is 19.1. The van der Waals surface area contributed by atoms with Crippen molar-refractivity contribution in [2.45, 2.75) is 19.1 Å². The fourth-order valence-electron chi connectivity index (χ4n) is 4.40. The first-order valence-corrected chi connectivity index (χ1v) is 10.8. The molecule has 1 aromatic carbocycles. The van der Waals surface area contributed by atoms with Crippen molar-refractivity contribution in [1.29, 1.82) is 5.26 Å². The number of tetrazole rings is 1. The number of piperazine rings is 1. The monoisotopic (exact) mass is 463 g/mol. The third-order valence-electron chi connectivity index (χ3n) is 6.28. The van der Waals surface area contributed by atoms with Crippen molar-refractivity contribution in [1.82, 2.24) is 35.0 Å². The molecule has 2 atom stereocenters. The molecule has 2 saturated heterocycles. The van der Waals surface area contributed by atoms with Gasteiger partial charge in [0.1, 0.15) is 18.2 Å². The summed E-state index contributed by atoms with van der Waals surface area (Å²) in [5.74, 6) is 0.0288. The lowest BCUT2D eigenvalue weighted by Gasteiger charge is -2.46. The van der Waals surface area contributed by atoms with Crippen molar-refractivity contribution in [3.05, 3.63) is 59.3 Å². The van der Waals surface area contributed by atoms with Gasteiger partial charge in [0, 0.05) is 26.2 Å². The largest absolute Gasteiger partial charge is 0.370 e. The van der Waals surface area contributed by atoms with Gasteiger partial charge in [0.15, 0.2) is 5.82 Å². The fraction of sp³-hybridized carbons (Fsp3) is 0.364. The maximum atomic E-state index is 13.9. The van der Waals surface area contributed by atoms with Crippen LogP contribution in [0.4, 0.5) is 14.9 Å². The van der Waals surface area contributed by atoms with Crippen molar-refractivity contribution < 1.29 is 13.9 Å². The number of nitrogens with zero attached hydrogens (tertiary/aromatic N) is 8. The number of carbonyl (C=O) groups is 1. The molecule has 34 heavy (non-hydrogen) atoms. The molecule has 174 valence electrons. The molecule has 0 spiro atoms. The molecule has 0 radical (unpaired) electrons. The van der Waals surface area contributed by atoms with E-state index in [0.29, 0.717) is 49.9 Å². The van der Waals surface area contributed by atoms with Gasteiger partial charge in [-0.1, -0.05) is 6.07 Å². The van der Waals surface area contributed by atoms with Crippen LogP contribution in [0.25, 0.3) is 5.82 Å². The Morgan fingerprint density at radius 1 is 1.26 bits per heavy atom. The third-order valence-corrected chi connectivity index (χ3v) is 6.28. The molecule has 4 heterocycles. The third kappa shape index (κ3) is 4.18. The topological polar surface area (TPSA) is 125 Å². The average Bonchev–Trinajstić information content (AvgIpc) is 3.39. The van der Waals surface area contributed by atoms with E-state index < -0.39 is 5.82 Å². The molecule has 3 aromatic rings. The summed E-state index contributed by atoms with van der Waals surface area (Å²) in [5, 5.41) is 23.1. The summed E-state index contributed by atoms with van der Waals surface area (Å²) in [6, 6.07) is 8.27. The van der Waals surface area contributed by atoms with Gasteiger partial charge in [-0.05, 0) is 46.7 Å². The molecule has 5 rings (SSSR count). The van der Waals surface area contributed by atoms with Crippen LogP contribution in [0.3, 0.4) is 0 Å². The summed E-state index contributed by atoms with van der Waals surface area (Å²) >= 11 is 0. The molecule has 2 fully saturated rings. The van der Waals surface area contributed by atoms with Crippen molar-refractivity contribution in [2.24, 2.45) is 0 Å². The molecule has 2 aliphatic heterocycles. The smallest absolute Gasteiger partial charge is 0.321 e. The molecule has 2 amide bonds. The van der Waals surface area contributed by atoms with Crippen molar-refractivity contribution >= 4 is 11.7 Å². The molecule has 2 aliphatic rings. The second-order valence-electron chi connectivity index (χ2n) is 8.25. The normalized spacial score (nSPS) is 20.4. The zero-order valence-electron chi connectivity index (χ0n) is 18.4. The Bertz CT molecular complexity index is 1230. The summed E-state index contributed by atoms with van der Waals surface area (Å²) in [5.41, 5.74) is 2.08. The minimum absolute atomic E-state index is 0.0604. The first kappa shape index (κ1) is 21.9. The molecule has 0 bridgehead atoms. The van der Waals surface area contributed by atoms with Crippen LogP contribution in [0, 0.1) is 24.1 Å². The van der Waals surface area contributed by atoms with Gasteiger partial charge in [-0.3, -0.25) is 4.90 Å². The molecular weight excluding hydrogens is 441 g/mol. The molecule has 2 aromatic heterocycles. The van der Waals surface area contributed by atoms with E-state index in [-0.39, 0.29) is 23.7 Å². The van der Waals surface area contributed by atoms with Gasteiger partial charge < -0.3 is 15.0 Å². The second kappa shape index (κ2) is 9.12. The molecule has 11 nitrogen and oxygen atoms in total. The molecule has 0 aliphatic carbocycles. The Labute approximate surface area is 194 Å². The van der Waals surface area contributed by atoms with Gasteiger partial charge in [0.05, 0.1) is 36.2 Å². The SMILES string of the molecule is Cc1c(C2CN3CCN(C(=O)Nc4ccc(-n5cnnn5)nc4)CC3CO2)ccc(F)c1C#N. The number of nitrogens with one attached hydrogen (secondary N) is 1. The summed E-state index contributed by atoms with van der Waals surface area (Å²) in [7, 11) is 0. The minimum atomic E-state index is -0.516. The number of fused-ring (bicyclic) bond motifs is 1. The number of halogens is 1. The van der Waals surface area contributed by atoms with Crippen LogP contribution < -0.4 is 5.32 Å². The summed E-state index contributed by atoms with van der Waals surface area (Å²) < 4.78 is 21.4. The predicted octanol–water partition coefficient (Wildman–Crippen LogP) is 1.67. The molecule has 1 N–H and O–H groups in total. The minimum Gasteiger partial charge on any atom is -0.370 e. The quantitative estimate of drug-likeness (QED) is 0.622. The van der Waals surface area contributed by atoms with E-state index in [1.54, 1.807) is 36.2 Å². The van der Waals surface area contributed by atoms with E-state index in [9.17, 15) is 14.4 Å². The Kier molecular flexibility index (Phi) is 5.87. The number of nitriles is 1. The van der Waals surface area contributed by atoms with Gasteiger partial charge in [0.25, 0.3) is 0 Å². The number of carbonyl (C=O) groups excluding carboxylic acids is 1. The van der Waals surface area contributed by atoms with Crippen LogP contribution in [0.15, 0.2) is 36.8 Å². The number of hydrogen-bond acceptors (Lipinski definition) is 8.